The fraction of sp³-hybridized carbons (Fsp3) is 0.867. The molecule has 2 aliphatic carbocycles. The van der Waals surface area contributed by atoms with Gasteiger partial charge in [0.1, 0.15) is 24.4 Å². The molecule has 0 radical (unpaired) electrons. The van der Waals surface area contributed by atoms with Gasteiger partial charge in [0.25, 0.3) is 0 Å². The second kappa shape index (κ2) is 14.7. The molecule has 0 saturated heterocycles. The minimum atomic E-state index is -0.736. The van der Waals surface area contributed by atoms with Crippen molar-refractivity contribution < 1.29 is 42.9 Å². The Balaban J connectivity index is 0.000000395. The Morgan fingerprint density at radius 3 is 1.41 bits per heavy atom. The molecule has 0 amide bonds. The monoisotopic (exact) mass is 556 g/mol. The van der Waals surface area contributed by atoms with E-state index in [4.69, 9.17) is 23.7 Å². The van der Waals surface area contributed by atoms with Gasteiger partial charge in [-0.15, -0.1) is 0 Å². The molecule has 0 aromatic heterocycles. The largest absolute Gasteiger partial charge is 0.458 e. The van der Waals surface area contributed by atoms with Crippen molar-refractivity contribution in [3.63, 3.8) is 0 Å². The zero-order valence-electron chi connectivity index (χ0n) is 25.9. The van der Waals surface area contributed by atoms with Crippen molar-refractivity contribution >= 4 is 23.5 Å². The molecule has 0 N–H and O–H groups in total. The first-order chi connectivity index (χ1) is 17.9. The zero-order chi connectivity index (χ0) is 30.1. The van der Waals surface area contributed by atoms with E-state index in [9.17, 15) is 19.2 Å². The van der Waals surface area contributed by atoms with Crippen LogP contribution in [-0.4, -0.2) is 73.3 Å². The summed E-state index contributed by atoms with van der Waals surface area (Å²) in [6, 6.07) is 0. The predicted molar refractivity (Wildman–Crippen MR) is 147 cm³/mol. The quantitative estimate of drug-likeness (QED) is 0.256. The van der Waals surface area contributed by atoms with E-state index in [1.165, 1.54) is 13.8 Å². The summed E-state index contributed by atoms with van der Waals surface area (Å²) >= 11 is 0. The summed E-state index contributed by atoms with van der Waals surface area (Å²) in [6.45, 7) is 14.3. The van der Waals surface area contributed by atoms with Crippen molar-refractivity contribution in [1.29, 1.82) is 0 Å². The van der Waals surface area contributed by atoms with Gasteiger partial charge < -0.3 is 23.7 Å². The standard InChI is InChI=1S/C16H28O5.C14H24O4/c1-12(17)10-20-11-14(18)21-15(2,3)13-6-8-16(4,19-5)9-7-13;1-10(15)12(16)18-13(2,3)11-6-8-14(4,17-5)9-7-11/h13H,6-11H2,1-5H3;11H,6-9H2,1-5H3. The molecule has 39 heavy (non-hydrogen) atoms. The van der Waals surface area contributed by atoms with Crippen LogP contribution in [0.4, 0.5) is 0 Å². The van der Waals surface area contributed by atoms with E-state index >= 15 is 0 Å². The summed E-state index contributed by atoms with van der Waals surface area (Å²) in [6.07, 6.45) is 7.68. The number of methoxy groups -OCH3 is 2. The molecule has 2 fully saturated rings. The van der Waals surface area contributed by atoms with Crippen LogP contribution in [0.5, 0.6) is 0 Å². The van der Waals surface area contributed by atoms with E-state index < -0.39 is 28.9 Å². The van der Waals surface area contributed by atoms with E-state index in [1.807, 2.05) is 27.7 Å². The molecular formula is C30H52O9. The Bertz CT molecular complexity index is 829. The predicted octanol–water partition coefficient (Wildman–Crippen LogP) is 5.00. The minimum Gasteiger partial charge on any atom is -0.458 e. The summed E-state index contributed by atoms with van der Waals surface area (Å²) in [7, 11) is 3.49. The van der Waals surface area contributed by atoms with E-state index in [2.05, 4.69) is 13.8 Å². The third kappa shape index (κ3) is 11.7. The normalized spacial score (nSPS) is 27.5. The maximum Gasteiger partial charge on any atom is 0.374 e. The van der Waals surface area contributed by atoms with Gasteiger partial charge in [-0.2, -0.15) is 0 Å². The number of ether oxygens (including phenoxy) is 5. The number of hydrogen-bond acceptors (Lipinski definition) is 9. The average molecular weight is 557 g/mol. The van der Waals surface area contributed by atoms with Crippen LogP contribution in [0, 0.1) is 11.8 Å². The topological polar surface area (TPSA) is 114 Å². The Labute approximate surface area is 235 Å². The van der Waals surface area contributed by atoms with Crippen LogP contribution < -0.4 is 0 Å². The lowest BCUT2D eigenvalue weighted by molar-refractivity contribution is -0.171. The zero-order valence-corrected chi connectivity index (χ0v) is 25.9. The highest BCUT2D eigenvalue weighted by molar-refractivity contribution is 6.32. The van der Waals surface area contributed by atoms with E-state index in [0.29, 0.717) is 5.92 Å². The highest BCUT2D eigenvalue weighted by Gasteiger charge is 2.41. The van der Waals surface area contributed by atoms with Gasteiger partial charge in [-0.25, -0.2) is 9.59 Å². The molecule has 9 nitrogen and oxygen atoms in total. The smallest absolute Gasteiger partial charge is 0.374 e. The van der Waals surface area contributed by atoms with Crippen molar-refractivity contribution in [2.24, 2.45) is 11.8 Å². The molecule has 0 aromatic rings. The molecule has 0 aromatic carbocycles. The maximum absolute atomic E-state index is 11.8. The Morgan fingerprint density at radius 1 is 0.692 bits per heavy atom. The maximum atomic E-state index is 11.8. The summed E-state index contributed by atoms with van der Waals surface area (Å²) in [5.74, 6) is -1.20. The first kappa shape index (κ1) is 35.2. The third-order valence-electron chi connectivity index (χ3n) is 8.58. The fourth-order valence-electron chi connectivity index (χ4n) is 5.33. The van der Waals surface area contributed by atoms with Gasteiger partial charge in [-0.05, 0) is 112 Å². The highest BCUT2D eigenvalue weighted by atomic mass is 16.6. The SMILES string of the molecule is COC1(C)CCC(C(C)(C)OC(=O)C(C)=O)CC1.COC1(C)CCC(C(C)(C)OC(=O)COCC(C)=O)CC1. The molecule has 0 heterocycles. The highest BCUT2D eigenvalue weighted by Crippen LogP contribution is 2.41. The van der Waals surface area contributed by atoms with E-state index in [0.717, 1.165) is 51.4 Å². The van der Waals surface area contributed by atoms with Crippen LogP contribution in [0.1, 0.15) is 107 Å². The number of rotatable bonds is 11. The molecule has 0 aliphatic heterocycles. The van der Waals surface area contributed by atoms with Crippen LogP contribution in [0.3, 0.4) is 0 Å². The Kier molecular flexibility index (Phi) is 13.3. The lowest BCUT2D eigenvalue weighted by atomic mass is 9.73. The summed E-state index contributed by atoms with van der Waals surface area (Å²) in [4.78, 5) is 44.9. The molecule has 2 aliphatic rings. The van der Waals surface area contributed by atoms with Crippen molar-refractivity contribution in [2.45, 2.75) is 129 Å². The number of Topliss-reactive ketones (excluding diaryl/α,β-unsaturated/α-hetero) is 2. The van der Waals surface area contributed by atoms with Gasteiger partial charge in [0.05, 0.1) is 11.2 Å². The van der Waals surface area contributed by atoms with Gasteiger partial charge in [0.2, 0.25) is 5.78 Å². The van der Waals surface area contributed by atoms with Gasteiger partial charge in [0.15, 0.2) is 5.78 Å². The van der Waals surface area contributed by atoms with Gasteiger partial charge in [-0.1, -0.05) is 0 Å². The van der Waals surface area contributed by atoms with Crippen LogP contribution in [0.25, 0.3) is 0 Å². The van der Waals surface area contributed by atoms with Gasteiger partial charge in [0, 0.05) is 21.1 Å². The van der Waals surface area contributed by atoms with Crippen LogP contribution in [0.2, 0.25) is 0 Å². The Morgan fingerprint density at radius 2 is 1.08 bits per heavy atom. The van der Waals surface area contributed by atoms with E-state index in [-0.39, 0.29) is 36.1 Å². The molecule has 0 atom stereocenters. The summed E-state index contributed by atoms with van der Waals surface area (Å²) in [5, 5.41) is 0. The number of esters is 2. The second-order valence-electron chi connectivity index (χ2n) is 12.7. The van der Waals surface area contributed by atoms with Crippen molar-refractivity contribution in [1.82, 2.24) is 0 Å². The van der Waals surface area contributed by atoms with Gasteiger partial charge in [-0.3, -0.25) is 9.59 Å². The minimum absolute atomic E-state index is 0.0504. The first-order valence-corrected chi connectivity index (χ1v) is 14.0. The van der Waals surface area contributed by atoms with Crippen LogP contribution in [-0.2, 0) is 42.9 Å². The second-order valence-corrected chi connectivity index (χ2v) is 12.7. The van der Waals surface area contributed by atoms with Gasteiger partial charge >= 0.3 is 11.9 Å². The number of carbonyl (C=O) groups excluding carboxylic acids is 4. The van der Waals surface area contributed by atoms with Crippen molar-refractivity contribution in [3.05, 3.63) is 0 Å². The number of carbonyl (C=O) groups is 4. The molecule has 0 spiro atoms. The molecule has 2 rings (SSSR count). The molecular weight excluding hydrogens is 504 g/mol. The van der Waals surface area contributed by atoms with Crippen LogP contribution in [0.15, 0.2) is 0 Å². The molecule has 226 valence electrons. The van der Waals surface area contributed by atoms with Crippen LogP contribution >= 0.6 is 0 Å². The Hall–Kier alpha value is -1.84. The molecule has 0 unspecified atom stereocenters. The number of ketones is 2. The molecule has 0 bridgehead atoms. The average Bonchev–Trinajstić information content (AvgIpc) is 2.84. The summed E-state index contributed by atoms with van der Waals surface area (Å²) in [5.41, 5.74) is -1.22. The first-order valence-electron chi connectivity index (χ1n) is 14.0. The molecule has 9 heteroatoms. The fourth-order valence-corrected chi connectivity index (χ4v) is 5.33. The third-order valence-corrected chi connectivity index (χ3v) is 8.58. The van der Waals surface area contributed by atoms with E-state index in [1.54, 1.807) is 14.2 Å². The lowest BCUT2D eigenvalue weighted by Gasteiger charge is -2.42. The van der Waals surface area contributed by atoms with Crippen molar-refractivity contribution in [2.75, 3.05) is 27.4 Å². The number of hydrogen-bond donors (Lipinski definition) is 0. The van der Waals surface area contributed by atoms with Crippen molar-refractivity contribution in [3.8, 4) is 0 Å². The lowest BCUT2D eigenvalue weighted by Crippen LogP contribution is -2.43. The summed E-state index contributed by atoms with van der Waals surface area (Å²) < 4.78 is 26.9. The molecule has 2 saturated carbocycles.